The van der Waals surface area contributed by atoms with Gasteiger partial charge in [0.25, 0.3) is 0 Å². The van der Waals surface area contributed by atoms with Gasteiger partial charge >= 0.3 is 5.97 Å². The molecule has 110 valence electrons. The maximum Gasteiger partial charge on any atom is 0.307 e. The van der Waals surface area contributed by atoms with E-state index in [9.17, 15) is 14.7 Å². The largest absolute Gasteiger partial charge is 0.481 e. The third-order valence-electron chi connectivity index (χ3n) is 3.97. The van der Waals surface area contributed by atoms with Crippen LogP contribution in [0.4, 0.5) is 0 Å². The first-order chi connectivity index (χ1) is 9.51. The summed E-state index contributed by atoms with van der Waals surface area (Å²) in [6.45, 7) is 4.01. The molecule has 2 rings (SSSR count). The van der Waals surface area contributed by atoms with E-state index in [1.54, 1.807) is 13.1 Å². The molecular weight excluding hydrogens is 260 g/mol. The Bertz CT molecular complexity index is 497. The second-order valence-electron chi connectivity index (χ2n) is 5.38. The Morgan fingerprint density at radius 3 is 2.70 bits per heavy atom. The number of nitrogens with one attached hydrogen (secondary N) is 1. The van der Waals surface area contributed by atoms with Gasteiger partial charge in [-0.05, 0) is 25.7 Å². The normalized spacial score (nSPS) is 25.6. The topological polar surface area (TPSA) is 92.4 Å². The number of aromatic nitrogens is 1. The number of aliphatic carboxylic acids is 1. The molecule has 1 aromatic heterocycles. The summed E-state index contributed by atoms with van der Waals surface area (Å²) in [6.07, 6.45) is 3.72. The number of nitrogens with zero attached hydrogens (tertiary/aromatic N) is 1. The minimum absolute atomic E-state index is 0.201. The van der Waals surface area contributed by atoms with Gasteiger partial charge in [-0.25, -0.2) is 4.98 Å². The van der Waals surface area contributed by atoms with Gasteiger partial charge in [0, 0.05) is 0 Å². The molecule has 1 heterocycles. The average Bonchev–Trinajstić information content (AvgIpc) is 3.02. The van der Waals surface area contributed by atoms with Crippen LogP contribution >= 0.6 is 0 Å². The Kier molecular flexibility index (Phi) is 4.42. The third kappa shape index (κ3) is 3.18. The van der Waals surface area contributed by atoms with Crippen LogP contribution < -0.4 is 5.32 Å². The van der Waals surface area contributed by atoms with Crippen molar-refractivity contribution in [2.24, 2.45) is 17.8 Å². The van der Waals surface area contributed by atoms with Crippen LogP contribution in [-0.2, 0) is 16.1 Å². The van der Waals surface area contributed by atoms with Crippen molar-refractivity contribution in [2.75, 3.05) is 0 Å². The number of amides is 1. The quantitative estimate of drug-likeness (QED) is 0.857. The highest BCUT2D eigenvalue weighted by Gasteiger charge is 2.41. The number of carbonyl (C=O) groups is 2. The van der Waals surface area contributed by atoms with Crippen molar-refractivity contribution in [3.63, 3.8) is 0 Å². The third-order valence-corrected chi connectivity index (χ3v) is 3.97. The molecule has 0 aliphatic heterocycles. The molecule has 0 aromatic carbocycles. The molecule has 20 heavy (non-hydrogen) atoms. The smallest absolute Gasteiger partial charge is 0.307 e. The zero-order valence-electron chi connectivity index (χ0n) is 11.8. The maximum atomic E-state index is 12.2. The van der Waals surface area contributed by atoms with E-state index in [0.29, 0.717) is 30.4 Å². The summed E-state index contributed by atoms with van der Waals surface area (Å²) in [7, 11) is 0. The van der Waals surface area contributed by atoms with Crippen LogP contribution in [0.2, 0.25) is 0 Å². The lowest BCUT2D eigenvalue weighted by Crippen LogP contribution is -2.35. The van der Waals surface area contributed by atoms with E-state index < -0.39 is 17.8 Å². The predicted molar refractivity (Wildman–Crippen MR) is 70.7 cm³/mol. The van der Waals surface area contributed by atoms with Crippen LogP contribution in [-0.4, -0.2) is 22.0 Å². The molecule has 3 unspecified atom stereocenters. The lowest BCUT2D eigenvalue weighted by Gasteiger charge is -2.14. The van der Waals surface area contributed by atoms with Crippen molar-refractivity contribution in [3.8, 4) is 0 Å². The number of hydrogen-bond acceptors (Lipinski definition) is 4. The SMILES string of the molecule is CCC1CC(C(=O)O)C(C(=O)NCc2ncc(C)o2)C1. The van der Waals surface area contributed by atoms with Gasteiger partial charge in [0.05, 0.1) is 24.6 Å². The number of hydrogen-bond donors (Lipinski definition) is 2. The molecule has 0 radical (unpaired) electrons. The molecule has 1 aliphatic rings. The van der Waals surface area contributed by atoms with Crippen molar-refractivity contribution in [3.05, 3.63) is 17.8 Å². The molecule has 1 aliphatic carbocycles. The van der Waals surface area contributed by atoms with E-state index in [1.165, 1.54) is 0 Å². The summed E-state index contributed by atoms with van der Waals surface area (Å²) < 4.78 is 5.27. The summed E-state index contributed by atoms with van der Waals surface area (Å²) in [4.78, 5) is 27.4. The number of carboxylic acid groups (broad SMARTS) is 1. The molecule has 1 saturated carbocycles. The van der Waals surface area contributed by atoms with Crippen LogP contribution in [0.3, 0.4) is 0 Å². The Hall–Kier alpha value is -1.85. The number of oxazole rings is 1. The van der Waals surface area contributed by atoms with E-state index in [1.807, 2.05) is 6.92 Å². The van der Waals surface area contributed by atoms with E-state index in [0.717, 1.165) is 6.42 Å². The van der Waals surface area contributed by atoms with E-state index >= 15 is 0 Å². The van der Waals surface area contributed by atoms with Gasteiger partial charge in [-0.3, -0.25) is 9.59 Å². The number of carbonyl (C=O) groups excluding carboxylic acids is 1. The molecular formula is C14H20N2O4. The number of carboxylic acids is 1. The fourth-order valence-electron chi connectivity index (χ4n) is 2.82. The Morgan fingerprint density at radius 2 is 2.15 bits per heavy atom. The van der Waals surface area contributed by atoms with Gasteiger partial charge in [-0.2, -0.15) is 0 Å². The molecule has 1 amide bonds. The lowest BCUT2D eigenvalue weighted by atomic mass is 9.95. The Labute approximate surface area is 117 Å². The molecule has 1 aromatic rings. The van der Waals surface area contributed by atoms with Gasteiger partial charge in [0.15, 0.2) is 0 Å². The Morgan fingerprint density at radius 1 is 1.45 bits per heavy atom. The minimum Gasteiger partial charge on any atom is -0.481 e. The van der Waals surface area contributed by atoms with E-state index in [-0.39, 0.29) is 12.5 Å². The highest BCUT2D eigenvalue weighted by atomic mass is 16.4. The molecule has 0 spiro atoms. The van der Waals surface area contributed by atoms with Crippen molar-refractivity contribution in [1.82, 2.24) is 10.3 Å². The summed E-state index contributed by atoms with van der Waals surface area (Å²) in [5.41, 5.74) is 0. The van der Waals surface area contributed by atoms with Crippen LogP contribution in [0.5, 0.6) is 0 Å². The summed E-state index contributed by atoms with van der Waals surface area (Å²) in [5, 5.41) is 11.9. The first-order valence-electron chi connectivity index (χ1n) is 6.93. The highest BCUT2D eigenvalue weighted by Crippen LogP contribution is 2.38. The molecule has 6 heteroatoms. The lowest BCUT2D eigenvalue weighted by molar-refractivity contribution is -0.146. The monoisotopic (exact) mass is 280 g/mol. The molecule has 0 saturated heterocycles. The molecule has 6 nitrogen and oxygen atoms in total. The van der Waals surface area contributed by atoms with Crippen LogP contribution in [0, 0.1) is 24.7 Å². The van der Waals surface area contributed by atoms with Crippen LogP contribution in [0.1, 0.15) is 37.8 Å². The van der Waals surface area contributed by atoms with Gasteiger partial charge in [0.1, 0.15) is 5.76 Å². The van der Waals surface area contributed by atoms with Crippen molar-refractivity contribution < 1.29 is 19.1 Å². The zero-order chi connectivity index (χ0) is 14.7. The fourth-order valence-corrected chi connectivity index (χ4v) is 2.82. The van der Waals surface area contributed by atoms with Gasteiger partial charge < -0.3 is 14.8 Å². The summed E-state index contributed by atoms with van der Waals surface area (Å²) in [5.74, 6) is -0.690. The fraction of sp³-hybridized carbons (Fsp3) is 0.643. The highest BCUT2D eigenvalue weighted by molar-refractivity contribution is 5.85. The standard InChI is InChI=1S/C14H20N2O4/c1-3-9-4-10(11(5-9)14(18)19)13(17)16-7-12-15-6-8(2)20-12/h6,9-11H,3-5,7H2,1-2H3,(H,16,17)(H,18,19). The maximum absolute atomic E-state index is 12.2. The first-order valence-corrected chi connectivity index (χ1v) is 6.93. The van der Waals surface area contributed by atoms with Gasteiger partial charge in [-0.1, -0.05) is 13.3 Å². The molecule has 0 bridgehead atoms. The van der Waals surface area contributed by atoms with Crippen molar-refractivity contribution in [1.29, 1.82) is 0 Å². The Balaban J connectivity index is 1.95. The van der Waals surface area contributed by atoms with Crippen molar-refractivity contribution in [2.45, 2.75) is 39.7 Å². The van der Waals surface area contributed by atoms with E-state index in [2.05, 4.69) is 10.3 Å². The number of aryl methyl sites for hydroxylation is 1. The number of rotatable bonds is 5. The molecule has 2 N–H and O–H groups in total. The first kappa shape index (κ1) is 14.6. The summed E-state index contributed by atoms with van der Waals surface area (Å²) >= 11 is 0. The zero-order valence-corrected chi connectivity index (χ0v) is 11.8. The summed E-state index contributed by atoms with van der Waals surface area (Å²) in [6, 6.07) is 0. The van der Waals surface area contributed by atoms with Gasteiger partial charge in [-0.15, -0.1) is 0 Å². The second kappa shape index (κ2) is 6.07. The molecule has 1 fully saturated rings. The van der Waals surface area contributed by atoms with Crippen molar-refractivity contribution >= 4 is 11.9 Å². The second-order valence-corrected chi connectivity index (χ2v) is 5.38. The minimum atomic E-state index is -0.881. The van der Waals surface area contributed by atoms with Crippen LogP contribution in [0.25, 0.3) is 0 Å². The van der Waals surface area contributed by atoms with E-state index in [4.69, 9.17) is 4.42 Å². The average molecular weight is 280 g/mol. The predicted octanol–water partition coefficient (Wildman–Crippen LogP) is 1.74. The van der Waals surface area contributed by atoms with Gasteiger partial charge in [0.2, 0.25) is 11.8 Å². The van der Waals surface area contributed by atoms with Crippen LogP contribution in [0.15, 0.2) is 10.6 Å². The molecule has 3 atom stereocenters.